The second-order valence-corrected chi connectivity index (χ2v) is 6.67. The number of methoxy groups -OCH3 is 2. The lowest BCUT2D eigenvalue weighted by atomic mass is 10.1. The third-order valence-electron chi connectivity index (χ3n) is 4.07. The average molecular weight is 427 g/mol. The van der Waals surface area contributed by atoms with Crippen molar-refractivity contribution in [3.05, 3.63) is 82.6 Å². The van der Waals surface area contributed by atoms with E-state index in [9.17, 15) is 4.79 Å². The Morgan fingerprint density at radius 1 is 1.04 bits per heavy atom. The van der Waals surface area contributed by atoms with E-state index in [-0.39, 0.29) is 5.91 Å². The Labute approximate surface area is 166 Å². The van der Waals surface area contributed by atoms with Gasteiger partial charge in [-0.3, -0.25) is 9.78 Å². The van der Waals surface area contributed by atoms with E-state index in [0.29, 0.717) is 23.6 Å². The quantitative estimate of drug-likeness (QED) is 0.572. The summed E-state index contributed by atoms with van der Waals surface area (Å²) >= 11 is 3.43. The monoisotopic (exact) mass is 426 g/mol. The summed E-state index contributed by atoms with van der Waals surface area (Å²) in [5.74, 6) is 0.910. The van der Waals surface area contributed by atoms with Crippen LogP contribution in [0.15, 0.2) is 71.3 Å². The third-order valence-corrected chi connectivity index (χ3v) is 4.60. The van der Waals surface area contributed by atoms with Gasteiger partial charge in [-0.1, -0.05) is 22.0 Å². The maximum atomic E-state index is 13.4. The molecule has 2 aromatic carbocycles. The highest BCUT2D eigenvalue weighted by Crippen LogP contribution is 2.29. The number of rotatable bonds is 6. The lowest BCUT2D eigenvalue weighted by Gasteiger charge is -2.24. The summed E-state index contributed by atoms with van der Waals surface area (Å²) in [6.45, 7) is 0.344. The molecule has 1 amide bonds. The number of amides is 1. The Hall–Kier alpha value is -2.86. The Morgan fingerprint density at radius 3 is 2.44 bits per heavy atom. The van der Waals surface area contributed by atoms with Crippen LogP contribution in [0.1, 0.15) is 16.1 Å². The van der Waals surface area contributed by atoms with Crippen molar-refractivity contribution in [1.82, 2.24) is 4.98 Å². The zero-order chi connectivity index (χ0) is 19.2. The molecular weight excluding hydrogens is 408 g/mol. The molecule has 0 aliphatic carbocycles. The molecule has 0 unspecified atom stereocenters. The Bertz CT molecular complexity index is 914. The number of nitrogens with zero attached hydrogens (tertiary/aromatic N) is 2. The molecule has 0 saturated heterocycles. The summed E-state index contributed by atoms with van der Waals surface area (Å²) < 4.78 is 11.6. The number of anilines is 1. The van der Waals surface area contributed by atoms with Crippen molar-refractivity contribution in [3.63, 3.8) is 0 Å². The molecule has 1 heterocycles. The lowest BCUT2D eigenvalue weighted by molar-refractivity contribution is 0.0982. The average Bonchev–Trinajstić information content (AvgIpc) is 2.72. The molecule has 0 radical (unpaired) electrons. The molecular formula is C21H19BrN2O3. The molecule has 0 aliphatic rings. The van der Waals surface area contributed by atoms with Gasteiger partial charge in [0.2, 0.25) is 0 Å². The van der Waals surface area contributed by atoms with Gasteiger partial charge < -0.3 is 14.4 Å². The van der Waals surface area contributed by atoms with E-state index in [2.05, 4.69) is 20.9 Å². The molecule has 0 N–H and O–H groups in total. The second-order valence-electron chi connectivity index (χ2n) is 5.76. The predicted molar refractivity (Wildman–Crippen MR) is 108 cm³/mol. The molecule has 0 saturated carbocycles. The van der Waals surface area contributed by atoms with Crippen molar-refractivity contribution in [3.8, 4) is 11.5 Å². The van der Waals surface area contributed by atoms with Crippen LogP contribution in [0.5, 0.6) is 11.5 Å². The van der Waals surface area contributed by atoms with Gasteiger partial charge in [0.05, 0.1) is 32.0 Å². The molecule has 27 heavy (non-hydrogen) atoms. The number of hydrogen-bond acceptors (Lipinski definition) is 4. The van der Waals surface area contributed by atoms with Crippen molar-refractivity contribution >= 4 is 27.5 Å². The zero-order valence-electron chi connectivity index (χ0n) is 15.1. The normalized spacial score (nSPS) is 10.3. The van der Waals surface area contributed by atoms with Crippen LogP contribution in [0, 0.1) is 0 Å². The Morgan fingerprint density at radius 2 is 1.81 bits per heavy atom. The number of carbonyl (C=O) groups is 1. The van der Waals surface area contributed by atoms with Crippen LogP contribution in [0.4, 0.5) is 5.69 Å². The molecule has 0 spiro atoms. The molecule has 5 nitrogen and oxygen atoms in total. The van der Waals surface area contributed by atoms with E-state index >= 15 is 0 Å². The van der Waals surface area contributed by atoms with E-state index in [4.69, 9.17) is 9.47 Å². The van der Waals surface area contributed by atoms with Crippen molar-refractivity contribution in [2.45, 2.75) is 6.54 Å². The minimum Gasteiger partial charge on any atom is -0.497 e. The van der Waals surface area contributed by atoms with E-state index in [1.807, 2.05) is 42.5 Å². The Kier molecular flexibility index (Phi) is 6.08. The van der Waals surface area contributed by atoms with Crippen LogP contribution < -0.4 is 14.4 Å². The summed E-state index contributed by atoms with van der Waals surface area (Å²) in [6, 6.07) is 18.4. The smallest absolute Gasteiger partial charge is 0.262 e. The maximum Gasteiger partial charge on any atom is 0.262 e. The van der Waals surface area contributed by atoms with E-state index in [0.717, 1.165) is 15.9 Å². The zero-order valence-corrected chi connectivity index (χ0v) is 16.6. The summed E-state index contributed by atoms with van der Waals surface area (Å²) in [6.07, 6.45) is 1.72. The third kappa shape index (κ3) is 4.46. The van der Waals surface area contributed by atoms with Gasteiger partial charge >= 0.3 is 0 Å². The molecule has 0 atom stereocenters. The fraction of sp³-hybridized carbons (Fsp3) is 0.143. The highest BCUT2D eigenvalue weighted by molar-refractivity contribution is 9.10. The molecule has 3 aromatic rings. The number of halogens is 1. The molecule has 0 aliphatic heterocycles. The fourth-order valence-electron chi connectivity index (χ4n) is 2.68. The van der Waals surface area contributed by atoms with E-state index in [1.54, 1.807) is 36.4 Å². The highest BCUT2D eigenvalue weighted by atomic mass is 79.9. The Balaban J connectivity index is 2.01. The summed E-state index contributed by atoms with van der Waals surface area (Å²) in [7, 11) is 3.11. The van der Waals surface area contributed by atoms with Crippen molar-refractivity contribution in [2.75, 3.05) is 19.1 Å². The topological polar surface area (TPSA) is 51.7 Å². The van der Waals surface area contributed by atoms with Crippen LogP contribution in [0.25, 0.3) is 0 Å². The van der Waals surface area contributed by atoms with Crippen molar-refractivity contribution in [2.24, 2.45) is 0 Å². The van der Waals surface area contributed by atoms with E-state index in [1.165, 1.54) is 7.11 Å². The first kappa shape index (κ1) is 18.9. The first-order valence-corrected chi connectivity index (χ1v) is 9.11. The molecule has 1 aromatic heterocycles. The van der Waals surface area contributed by atoms with Crippen LogP contribution in [-0.2, 0) is 6.54 Å². The molecule has 0 bridgehead atoms. The summed E-state index contributed by atoms with van der Waals surface area (Å²) in [5.41, 5.74) is 2.02. The van der Waals surface area contributed by atoms with Gasteiger partial charge in [0.15, 0.2) is 0 Å². The van der Waals surface area contributed by atoms with Crippen LogP contribution in [-0.4, -0.2) is 25.1 Å². The number of aromatic nitrogens is 1. The van der Waals surface area contributed by atoms with Gasteiger partial charge in [-0.25, -0.2) is 0 Å². The van der Waals surface area contributed by atoms with Gasteiger partial charge in [0, 0.05) is 22.4 Å². The van der Waals surface area contributed by atoms with Gasteiger partial charge in [0.1, 0.15) is 11.5 Å². The first-order chi connectivity index (χ1) is 13.1. The second kappa shape index (κ2) is 8.68. The van der Waals surface area contributed by atoms with Gasteiger partial charge in [-0.15, -0.1) is 0 Å². The summed E-state index contributed by atoms with van der Waals surface area (Å²) in [5, 5.41) is 0. The van der Waals surface area contributed by atoms with Crippen LogP contribution in [0.2, 0.25) is 0 Å². The first-order valence-electron chi connectivity index (χ1n) is 8.31. The van der Waals surface area contributed by atoms with Gasteiger partial charge in [-0.05, 0) is 48.5 Å². The van der Waals surface area contributed by atoms with E-state index < -0.39 is 0 Å². The minimum absolute atomic E-state index is 0.178. The predicted octanol–water partition coefficient (Wildman–Crippen LogP) is 4.71. The number of hydrogen-bond donors (Lipinski definition) is 0. The van der Waals surface area contributed by atoms with Crippen molar-refractivity contribution < 1.29 is 14.3 Å². The molecule has 138 valence electrons. The van der Waals surface area contributed by atoms with Crippen LogP contribution >= 0.6 is 15.9 Å². The van der Waals surface area contributed by atoms with Crippen LogP contribution in [0.3, 0.4) is 0 Å². The lowest BCUT2D eigenvalue weighted by Crippen LogP contribution is -2.31. The maximum absolute atomic E-state index is 13.4. The standard InChI is InChI=1S/C21H19BrN2O3/c1-26-18-10-11-19(20(13-18)27-2)21(25)24(14-16-5-3-4-12-23-16)17-8-6-15(22)7-9-17/h3-13H,14H2,1-2H3. The number of ether oxygens (including phenoxy) is 2. The van der Waals surface area contributed by atoms with Gasteiger partial charge in [-0.2, -0.15) is 0 Å². The van der Waals surface area contributed by atoms with Gasteiger partial charge in [0.25, 0.3) is 5.91 Å². The fourth-order valence-corrected chi connectivity index (χ4v) is 2.94. The summed E-state index contributed by atoms with van der Waals surface area (Å²) in [4.78, 5) is 19.4. The SMILES string of the molecule is COc1ccc(C(=O)N(Cc2ccccn2)c2ccc(Br)cc2)c(OC)c1. The number of benzene rings is 2. The molecule has 6 heteroatoms. The molecule has 0 fully saturated rings. The molecule has 3 rings (SSSR count). The number of carbonyl (C=O) groups excluding carboxylic acids is 1. The number of pyridine rings is 1. The largest absolute Gasteiger partial charge is 0.497 e. The van der Waals surface area contributed by atoms with Crippen molar-refractivity contribution in [1.29, 1.82) is 0 Å². The minimum atomic E-state index is -0.178. The highest BCUT2D eigenvalue weighted by Gasteiger charge is 2.22.